The third-order valence-corrected chi connectivity index (χ3v) is 5.05. The molecule has 0 spiro atoms. The molecule has 9 heteroatoms. The highest BCUT2D eigenvalue weighted by atomic mass is 35.5. The summed E-state index contributed by atoms with van der Waals surface area (Å²) >= 11 is 12.0. The molecular formula is C22H16Cl2N2O5. The van der Waals surface area contributed by atoms with Crippen LogP contribution < -0.4 is 20.9 Å². The van der Waals surface area contributed by atoms with Gasteiger partial charge in [-0.2, -0.15) is 0 Å². The van der Waals surface area contributed by atoms with Crippen LogP contribution in [0.2, 0.25) is 10.0 Å². The minimum absolute atomic E-state index is 0.145. The van der Waals surface area contributed by atoms with Crippen LogP contribution in [0.15, 0.2) is 80.8 Å². The summed E-state index contributed by atoms with van der Waals surface area (Å²) in [4.78, 5) is 24.6. The maximum Gasteiger partial charge on any atom is 0.440 e. The standard InChI is InChI=1S/C22H16Cl2N2O5/c23-19-9-8-18(11-20(19)24)30-17-3-1-2-15(10-17)13-29-16-6-4-14(5-7-16)12-26-21(27)25-22(28)31-26/h1-11H,12-13H2,(H,25,27,28). The maximum absolute atomic E-state index is 11.5. The van der Waals surface area contributed by atoms with Gasteiger partial charge >= 0.3 is 11.4 Å². The topological polar surface area (TPSA) is 86.5 Å². The fourth-order valence-corrected chi connectivity index (χ4v) is 3.10. The van der Waals surface area contributed by atoms with Gasteiger partial charge in [-0.1, -0.05) is 47.5 Å². The van der Waals surface area contributed by atoms with E-state index < -0.39 is 11.4 Å². The summed E-state index contributed by atoms with van der Waals surface area (Å²) in [5.41, 5.74) is 1.12. The lowest BCUT2D eigenvalue weighted by Crippen LogP contribution is -2.17. The van der Waals surface area contributed by atoms with E-state index in [4.69, 9.17) is 37.2 Å². The first-order valence-electron chi connectivity index (χ1n) is 9.20. The van der Waals surface area contributed by atoms with Crippen molar-refractivity contribution < 1.29 is 14.0 Å². The van der Waals surface area contributed by atoms with Crippen molar-refractivity contribution in [1.29, 1.82) is 0 Å². The van der Waals surface area contributed by atoms with E-state index in [9.17, 15) is 9.59 Å². The molecule has 31 heavy (non-hydrogen) atoms. The summed E-state index contributed by atoms with van der Waals surface area (Å²) in [6.07, 6.45) is 0. The zero-order valence-corrected chi connectivity index (χ0v) is 17.5. The Bertz CT molecular complexity index is 1310. The molecule has 0 aliphatic carbocycles. The number of nitrogens with one attached hydrogen (secondary N) is 1. The Balaban J connectivity index is 1.37. The Hall–Kier alpha value is -3.42. The van der Waals surface area contributed by atoms with E-state index in [1.54, 1.807) is 42.5 Å². The SMILES string of the molecule is O=c1[nH]c(=O)n(Cc2ccc(OCc3cccc(Oc4ccc(Cl)c(Cl)c4)c3)cc2)o1. The van der Waals surface area contributed by atoms with E-state index in [0.29, 0.717) is 33.9 Å². The summed E-state index contributed by atoms with van der Waals surface area (Å²) in [5, 5.41) is 0.887. The highest BCUT2D eigenvalue weighted by Crippen LogP contribution is 2.29. The Kier molecular flexibility index (Phi) is 6.16. The van der Waals surface area contributed by atoms with Crippen molar-refractivity contribution in [3.63, 3.8) is 0 Å². The molecule has 0 fully saturated rings. The monoisotopic (exact) mass is 458 g/mol. The molecule has 0 aliphatic heterocycles. The molecule has 1 N–H and O–H groups in total. The minimum atomic E-state index is -0.782. The number of benzene rings is 3. The summed E-state index contributed by atoms with van der Waals surface area (Å²) in [6, 6.07) is 19.7. The minimum Gasteiger partial charge on any atom is -0.489 e. The summed E-state index contributed by atoms with van der Waals surface area (Å²) in [6.45, 7) is 0.482. The van der Waals surface area contributed by atoms with E-state index in [0.717, 1.165) is 15.9 Å². The smallest absolute Gasteiger partial charge is 0.440 e. The number of H-pyrrole nitrogens is 1. The highest BCUT2D eigenvalue weighted by molar-refractivity contribution is 6.42. The molecule has 1 heterocycles. The van der Waals surface area contributed by atoms with Gasteiger partial charge in [-0.25, -0.2) is 14.6 Å². The molecule has 0 saturated heterocycles. The number of rotatable bonds is 7. The number of halogens is 2. The molecule has 0 unspecified atom stereocenters. The van der Waals surface area contributed by atoms with Gasteiger partial charge in [0, 0.05) is 6.07 Å². The quantitative estimate of drug-likeness (QED) is 0.427. The highest BCUT2D eigenvalue weighted by Gasteiger charge is 2.06. The van der Waals surface area contributed by atoms with E-state index in [1.165, 1.54) is 0 Å². The van der Waals surface area contributed by atoms with Crippen molar-refractivity contribution >= 4 is 23.2 Å². The van der Waals surface area contributed by atoms with Crippen molar-refractivity contribution in [1.82, 2.24) is 9.72 Å². The molecule has 0 amide bonds. The molecule has 7 nitrogen and oxygen atoms in total. The van der Waals surface area contributed by atoms with Crippen molar-refractivity contribution in [2.45, 2.75) is 13.2 Å². The predicted molar refractivity (Wildman–Crippen MR) is 116 cm³/mol. The lowest BCUT2D eigenvalue weighted by atomic mass is 10.2. The Morgan fingerprint density at radius 1 is 0.839 bits per heavy atom. The normalized spacial score (nSPS) is 10.8. The van der Waals surface area contributed by atoms with Crippen LogP contribution in [0.5, 0.6) is 17.2 Å². The molecule has 1 aromatic heterocycles. The van der Waals surface area contributed by atoms with Crippen LogP contribution in [0.3, 0.4) is 0 Å². The van der Waals surface area contributed by atoms with Gasteiger partial charge in [0.15, 0.2) is 0 Å². The molecule has 4 rings (SSSR count). The maximum atomic E-state index is 11.5. The lowest BCUT2D eigenvalue weighted by molar-refractivity contribution is 0.258. The van der Waals surface area contributed by atoms with Crippen LogP contribution in [0.1, 0.15) is 11.1 Å². The Labute approximate surface area is 186 Å². The van der Waals surface area contributed by atoms with Gasteiger partial charge in [0.25, 0.3) is 0 Å². The second-order valence-corrected chi connectivity index (χ2v) is 7.42. The number of hydrogen-bond acceptors (Lipinski definition) is 5. The van der Waals surface area contributed by atoms with Gasteiger partial charge in [0.05, 0.1) is 16.6 Å². The molecule has 0 atom stereocenters. The van der Waals surface area contributed by atoms with Crippen LogP contribution in [0.4, 0.5) is 0 Å². The van der Waals surface area contributed by atoms with Crippen LogP contribution in [-0.2, 0) is 13.2 Å². The first kappa shape index (κ1) is 20.8. The fraction of sp³-hybridized carbons (Fsp3) is 0.0909. The lowest BCUT2D eigenvalue weighted by Gasteiger charge is -2.10. The molecule has 0 bridgehead atoms. The third-order valence-electron chi connectivity index (χ3n) is 4.31. The summed E-state index contributed by atoms with van der Waals surface area (Å²) in [5.74, 6) is 1.10. The number of aromatic nitrogens is 2. The predicted octanol–water partition coefficient (Wildman–Crippen LogP) is 4.86. The van der Waals surface area contributed by atoms with Gasteiger partial charge in [-0.15, -0.1) is 4.74 Å². The first-order chi connectivity index (χ1) is 15.0. The van der Waals surface area contributed by atoms with Crippen molar-refractivity contribution in [3.05, 3.63) is 109 Å². The Morgan fingerprint density at radius 3 is 2.29 bits per heavy atom. The van der Waals surface area contributed by atoms with Gasteiger partial charge < -0.3 is 14.0 Å². The zero-order chi connectivity index (χ0) is 21.8. The molecular weight excluding hydrogens is 443 g/mol. The second kappa shape index (κ2) is 9.16. The summed E-state index contributed by atoms with van der Waals surface area (Å²) < 4.78 is 17.4. The van der Waals surface area contributed by atoms with Crippen LogP contribution in [0, 0.1) is 0 Å². The zero-order valence-electron chi connectivity index (χ0n) is 16.0. The fourth-order valence-electron chi connectivity index (χ4n) is 2.82. The molecule has 158 valence electrons. The van der Waals surface area contributed by atoms with E-state index in [2.05, 4.69) is 0 Å². The van der Waals surface area contributed by atoms with Gasteiger partial charge in [0.2, 0.25) is 0 Å². The van der Waals surface area contributed by atoms with Crippen LogP contribution in [-0.4, -0.2) is 9.72 Å². The van der Waals surface area contributed by atoms with Crippen molar-refractivity contribution in [2.75, 3.05) is 0 Å². The number of nitrogens with zero attached hydrogens (tertiary/aromatic N) is 1. The van der Waals surface area contributed by atoms with Crippen LogP contribution in [0.25, 0.3) is 0 Å². The summed E-state index contributed by atoms with van der Waals surface area (Å²) in [7, 11) is 0. The van der Waals surface area contributed by atoms with Gasteiger partial charge in [-0.3, -0.25) is 0 Å². The molecule has 3 aromatic carbocycles. The van der Waals surface area contributed by atoms with Gasteiger partial charge in [-0.05, 0) is 47.5 Å². The molecule has 0 saturated carbocycles. The van der Waals surface area contributed by atoms with E-state index in [1.807, 2.05) is 29.2 Å². The molecule has 0 aliphatic rings. The number of ether oxygens (including phenoxy) is 2. The number of hydrogen-bond donors (Lipinski definition) is 1. The molecule has 0 radical (unpaired) electrons. The van der Waals surface area contributed by atoms with Crippen molar-refractivity contribution in [3.8, 4) is 17.2 Å². The third kappa shape index (κ3) is 5.39. The van der Waals surface area contributed by atoms with Gasteiger partial charge in [0.1, 0.15) is 23.9 Å². The Morgan fingerprint density at radius 2 is 1.58 bits per heavy atom. The van der Waals surface area contributed by atoms with E-state index in [-0.39, 0.29) is 6.54 Å². The first-order valence-corrected chi connectivity index (χ1v) is 9.96. The van der Waals surface area contributed by atoms with E-state index >= 15 is 0 Å². The molecule has 4 aromatic rings. The number of aromatic amines is 1. The van der Waals surface area contributed by atoms with Crippen LogP contribution >= 0.6 is 23.2 Å². The average Bonchev–Trinajstić information content (AvgIpc) is 3.07. The van der Waals surface area contributed by atoms with Crippen molar-refractivity contribution in [2.24, 2.45) is 0 Å². The second-order valence-electron chi connectivity index (χ2n) is 6.60. The average molecular weight is 459 g/mol. The largest absolute Gasteiger partial charge is 0.489 e.